The van der Waals surface area contributed by atoms with Gasteiger partial charge in [0.2, 0.25) is 11.9 Å². The van der Waals surface area contributed by atoms with Gasteiger partial charge in [0.05, 0.1) is 61.3 Å². The fraction of sp³-hybridized carbons (Fsp3) is 0.366. The maximum Gasteiger partial charge on any atom is 0.343 e. The number of benzene rings is 2. The molecular weight excluding hydrogens is 843 g/mol. The summed E-state index contributed by atoms with van der Waals surface area (Å²) in [4.78, 5) is 70.6. The third-order valence-electron chi connectivity index (χ3n) is 10.5. The second-order valence-electron chi connectivity index (χ2n) is 14.4. The molecule has 324 valence electrons. The molecule has 2 aromatic carbocycles. The number of aromatic nitrogens is 6. The molecule has 7 rings (SSSR count). The molecule has 2 aliphatic rings. The Labute approximate surface area is 366 Å². The third-order valence-corrected chi connectivity index (χ3v) is 11.1. The zero-order valence-electron chi connectivity index (χ0n) is 33.9. The summed E-state index contributed by atoms with van der Waals surface area (Å²) in [6.45, 7) is 1.24. The Morgan fingerprint density at radius 2 is 1.48 bits per heavy atom. The largest absolute Gasteiger partial charge is 0.495 e. The minimum Gasteiger partial charge on any atom is -0.495 e. The van der Waals surface area contributed by atoms with Crippen LogP contribution in [0.2, 0.25) is 10.0 Å². The third kappa shape index (κ3) is 10.2. The predicted octanol–water partition coefficient (Wildman–Crippen LogP) is 5.40. The maximum atomic E-state index is 13.9. The van der Waals surface area contributed by atoms with Crippen molar-refractivity contribution < 1.29 is 28.9 Å². The van der Waals surface area contributed by atoms with Crippen molar-refractivity contribution in [3.63, 3.8) is 0 Å². The highest BCUT2D eigenvalue weighted by Gasteiger charge is 2.32. The molecule has 3 N–H and O–H groups in total. The summed E-state index contributed by atoms with van der Waals surface area (Å²) >= 11 is 12.8. The summed E-state index contributed by atoms with van der Waals surface area (Å²) in [5.41, 5.74) is 1.50. The number of nitroso groups, excluding NO2 is 1. The minimum absolute atomic E-state index is 0.00526. The van der Waals surface area contributed by atoms with Crippen LogP contribution in [0.15, 0.2) is 72.5 Å². The second-order valence-corrected chi connectivity index (χ2v) is 15.2. The van der Waals surface area contributed by atoms with E-state index < -0.39 is 11.9 Å². The molecule has 2 fully saturated rings. The molecule has 0 aliphatic carbocycles. The number of methoxy groups -OCH3 is 2. The number of nitrogens with zero attached hydrogens (tertiary/aromatic N) is 10. The second kappa shape index (κ2) is 20.4. The van der Waals surface area contributed by atoms with Crippen molar-refractivity contribution in [3.05, 3.63) is 110 Å². The number of anilines is 4. The molecule has 1 amide bonds. The van der Waals surface area contributed by atoms with Gasteiger partial charge in [-0.2, -0.15) is 9.97 Å². The summed E-state index contributed by atoms with van der Waals surface area (Å²) in [5.74, 6) is 0.871. The van der Waals surface area contributed by atoms with Gasteiger partial charge in [0.1, 0.15) is 40.9 Å². The molecule has 5 heterocycles. The molecule has 21 heteroatoms. The fourth-order valence-electron chi connectivity index (χ4n) is 7.27. The lowest BCUT2D eigenvalue weighted by Crippen LogP contribution is -2.36. The van der Waals surface area contributed by atoms with Crippen LogP contribution in [0.4, 0.5) is 23.5 Å². The van der Waals surface area contributed by atoms with E-state index >= 15 is 0 Å². The maximum absolute atomic E-state index is 13.9. The van der Waals surface area contributed by atoms with Crippen LogP contribution in [0.1, 0.15) is 63.4 Å². The first-order valence-electron chi connectivity index (χ1n) is 19.8. The number of aliphatic hydroxyl groups is 1. The standard InChI is InChI=1S/C41H44Cl2N12O7/c1-60-33-10-8-25(16-31(33)42)18-46-36-29(19-48-40(50-36)53-14-3-6-27(53)23-56)39(58)62-24-28-7-4-15-54(28)41-49-20-30(38(57)47-21-35-44-12-5-13-45-35)37(51-41)55(52-59)22-26-9-11-34(61-2)32(43)17-26/h5,8-13,16-17,19-20,27-28,56H,3-4,6-7,14-15,18,21-24H2,1-2H3,(H,47,57)(H,46,48,50)/t27-,28-/m0/s1. The predicted molar refractivity (Wildman–Crippen MR) is 231 cm³/mol. The molecule has 3 aromatic heterocycles. The number of hydrogen-bond acceptors (Lipinski definition) is 17. The Bertz CT molecular complexity index is 2380. The van der Waals surface area contributed by atoms with E-state index in [4.69, 9.17) is 47.4 Å². The molecule has 5 aromatic rings. The molecule has 0 bridgehead atoms. The number of carbonyl (C=O) groups is 2. The van der Waals surface area contributed by atoms with Gasteiger partial charge in [-0.15, -0.1) is 4.91 Å². The van der Waals surface area contributed by atoms with Crippen molar-refractivity contribution in [2.45, 2.75) is 57.4 Å². The zero-order valence-corrected chi connectivity index (χ0v) is 35.4. The Kier molecular flexibility index (Phi) is 14.4. The Balaban J connectivity index is 1.12. The van der Waals surface area contributed by atoms with Crippen molar-refractivity contribution in [1.29, 1.82) is 0 Å². The Morgan fingerprint density at radius 1 is 0.855 bits per heavy atom. The van der Waals surface area contributed by atoms with Crippen LogP contribution in [0.5, 0.6) is 11.5 Å². The van der Waals surface area contributed by atoms with E-state index in [0.29, 0.717) is 58.4 Å². The van der Waals surface area contributed by atoms with Gasteiger partial charge in [0, 0.05) is 44.4 Å². The van der Waals surface area contributed by atoms with Gasteiger partial charge >= 0.3 is 5.97 Å². The van der Waals surface area contributed by atoms with Crippen LogP contribution >= 0.6 is 23.2 Å². The molecule has 0 unspecified atom stereocenters. The van der Waals surface area contributed by atoms with E-state index in [1.54, 1.807) is 48.8 Å². The number of amides is 1. The summed E-state index contributed by atoms with van der Waals surface area (Å²) in [6.07, 6.45) is 8.88. The monoisotopic (exact) mass is 886 g/mol. The molecule has 2 aliphatic heterocycles. The van der Waals surface area contributed by atoms with Crippen LogP contribution in [0.25, 0.3) is 0 Å². The van der Waals surface area contributed by atoms with E-state index in [0.717, 1.165) is 29.8 Å². The molecule has 19 nitrogen and oxygen atoms in total. The van der Waals surface area contributed by atoms with Gasteiger partial charge in [0.25, 0.3) is 5.91 Å². The van der Waals surface area contributed by atoms with Gasteiger partial charge in [-0.25, -0.2) is 29.7 Å². The molecule has 0 spiro atoms. The van der Waals surface area contributed by atoms with Gasteiger partial charge in [-0.3, -0.25) is 4.79 Å². The van der Waals surface area contributed by atoms with Gasteiger partial charge in [0.15, 0.2) is 5.82 Å². The van der Waals surface area contributed by atoms with Crippen LogP contribution < -0.4 is 34.9 Å². The number of carbonyl (C=O) groups excluding carboxylic acids is 2. The van der Waals surface area contributed by atoms with Gasteiger partial charge in [-0.05, 0) is 67.1 Å². The number of nitrogens with one attached hydrogen (secondary N) is 2. The smallest absolute Gasteiger partial charge is 0.343 e. The Morgan fingerprint density at radius 3 is 2.15 bits per heavy atom. The lowest BCUT2D eigenvalue weighted by molar-refractivity contribution is 0.0482. The highest BCUT2D eigenvalue weighted by Crippen LogP contribution is 2.31. The summed E-state index contributed by atoms with van der Waals surface area (Å²) < 4.78 is 16.5. The summed E-state index contributed by atoms with van der Waals surface area (Å²) in [5, 5.41) is 21.0. The molecule has 0 radical (unpaired) electrons. The SMILES string of the molecule is COc1ccc(CNc2nc(N3CCC[C@H]3CO)ncc2C(=O)OC[C@@H]2CCCN2c2ncc(C(=O)NCc3ncccn3)c(N(Cc3ccc(OC)c(Cl)c3)N=O)n2)cc1Cl. The van der Waals surface area contributed by atoms with Crippen LogP contribution in [0.3, 0.4) is 0 Å². The van der Waals surface area contributed by atoms with Crippen molar-refractivity contribution in [2.24, 2.45) is 5.29 Å². The Hall–Kier alpha value is -6.44. The normalized spacial score (nSPS) is 15.9. The molecule has 62 heavy (non-hydrogen) atoms. The van der Waals surface area contributed by atoms with Crippen molar-refractivity contribution in [1.82, 2.24) is 35.2 Å². The van der Waals surface area contributed by atoms with Crippen LogP contribution in [-0.2, 0) is 24.4 Å². The van der Waals surface area contributed by atoms with Gasteiger partial charge < -0.3 is 39.8 Å². The lowest BCUT2D eigenvalue weighted by atomic mass is 10.2. The van der Waals surface area contributed by atoms with Crippen molar-refractivity contribution in [2.75, 3.05) is 60.6 Å². The number of aliphatic hydroxyl groups excluding tert-OH is 1. The van der Waals surface area contributed by atoms with E-state index in [1.807, 2.05) is 15.9 Å². The van der Waals surface area contributed by atoms with Crippen molar-refractivity contribution >= 4 is 58.6 Å². The lowest BCUT2D eigenvalue weighted by Gasteiger charge is -2.26. The number of hydrogen-bond donors (Lipinski definition) is 3. The van der Waals surface area contributed by atoms with E-state index in [2.05, 4.69) is 35.9 Å². The quantitative estimate of drug-likeness (QED) is 0.0569. The summed E-state index contributed by atoms with van der Waals surface area (Å²) in [7, 11) is 3.03. The van der Waals surface area contributed by atoms with Gasteiger partial charge in [-0.1, -0.05) is 35.3 Å². The molecule has 2 saturated heterocycles. The number of ether oxygens (including phenoxy) is 3. The molecule has 2 atom stereocenters. The van der Waals surface area contributed by atoms with E-state index in [-0.39, 0.29) is 73.6 Å². The minimum atomic E-state index is -0.663. The van der Waals surface area contributed by atoms with Crippen molar-refractivity contribution in [3.8, 4) is 11.5 Å². The number of rotatable bonds is 18. The molecule has 0 saturated carbocycles. The highest BCUT2D eigenvalue weighted by molar-refractivity contribution is 6.32. The first-order chi connectivity index (χ1) is 30.2. The zero-order chi connectivity index (χ0) is 43.6. The topological polar surface area (TPSA) is 223 Å². The van der Waals surface area contributed by atoms with Crippen LogP contribution in [-0.4, -0.2) is 99.5 Å². The average molecular weight is 888 g/mol. The highest BCUT2D eigenvalue weighted by atomic mass is 35.5. The number of esters is 1. The number of halogens is 2. The van der Waals surface area contributed by atoms with Crippen LogP contribution in [0, 0.1) is 4.91 Å². The van der Waals surface area contributed by atoms with E-state index in [1.165, 1.54) is 26.6 Å². The first kappa shape index (κ1) is 43.6. The average Bonchev–Trinajstić information content (AvgIpc) is 3.99. The first-order valence-corrected chi connectivity index (χ1v) is 20.5. The summed E-state index contributed by atoms with van der Waals surface area (Å²) in [6, 6.07) is 11.5. The van der Waals surface area contributed by atoms with E-state index in [9.17, 15) is 19.6 Å². The molecular formula is C41H44Cl2N12O7. The fourth-order valence-corrected chi connectivity index (χ4v) is 7.83.